The Bertz CT molecular complexity index is 1490. The van der Waals surface area contributed by atoms with E-state index >= 15 is 0 Å². The summed E-state index contributed by atoms with van der Waals surface area (Å²) in [5, 5.41) is 11.3. The number of aliphatic imine (C=N–C) groups is 1. The number of esters is 1. The first-order chi connectivity index (χ1) is 18.7. The second-order valence-corrected chi connectivity index (χ2v) is 10.2. The van der Waals surface area contributed by atoms with Gasteiger partial charge >= 0.3 is 5.97 Å². The van der Waals surface area contributed by atoms with Crippen LogP contribution in [0.3, 0.4) is 0 Å². The largest absolute Gasteiger partial charge is 0.506 e. The van der Waals surface area contributed by atoms with Crippen LogP contribution >= 0.6 is 35.0 Å². The summed E-state index contributed by atoms with van der Waals surface area (Å²) in [6.45, 7) is 3.72. The van der Waals surface area contributed by atoms with Gasteiger partial charge in [0.1, 0.15) is 28.8 Å². The number of hydrogen-bond acceptors (Lipinski definition) is 6. The van der Waals surface area contributed by atoms with Crippen LogP contribution in [0.15, 0.2) is 81.9 Å². The van der Waals surface area contributed by atoms with Crippen molar-refractivity contribution >= 4 is 58.0 Å². The molecule has 1 heterocycles. The van der Waals surface area contributed by atoms with Crippen LogP contribution in [-0.4, -0.2) is 28.6 Å². The third kappa shape index (κ3) is 6.89. The van der Waals surface area contributed by atoms with E-state index < -0.39 is 11.9 Å². The zero-order chi connectivity index (χ0) is 28.1. The molecule has 3 aromatic carbocycles. The molecule has 1 aliphatic rings. The van der Waals surface area contributed by atoms with Crippen LogP contribution in [-0.2, 0) is 16.1 Å². The van der Waals surface area contributed by atoms with Crippen molar-refractivity contribution in [3.8, 4) is 5.75 Å². The van der Waals surface area contributed by atoms with E-state index in [0.717, 1.165) is 22.9 Å². The number of aryl methyl sites for hydroxylation is 1. The van der Waals surface area contributed by atoms with Crippen LogP contribution in [0.4, 0.5) is 4.39 Å². The lowest BCUT2D eigenvalue weighted by molar-refractivity contribution is -0.138. The number of nitrogens with zero attached hydrogens (tertiary/aromatic N) is 1. The second-order valence-electron chi connectivity index (χ2n) is 8.37. The molecular weight excluding hydrogens is 564 g/mol. The van der Waals surface area contributed by atoms with Crippen molar-refractivity contribution < 1.29 is 28.6 Å². The fraction of sp³-hybridized carbons (Fsp3) is 0.138. The maximum absolute atomic E-state index is 13.1. The summed E-state index contributed by atoms with van der Waals surface area (Å²) in [7, 11) is 0. The highest BCUT2D eigenvalue weighted by Gasteiger charge is 2.34. The third-order valence-electron chi connectivity index (χ3n) is 5.49. The first-order valence-corrected chi connectivity index (χ1v) is 13.3. The molecule has 0 aliphatic carbocycles. The quantitative estimate of drug-likeness (QED) is 0.286. The summed E-state index contributed by atoms with van der Waals surface area (Å²) in [5.74, 6) is -1.86. The molecule has 0 saturated carbocycles. The first kappa shape index (κ1) is 28.4. The molecule has 0 spiro atoms. The van der Waals surface area contributed by atoms with Gasteiger partial charge in [0.2, 0.25) is 0 Å². The zero-order valence-electron chi connectivity index (χ0n) is 20.8. The van der Waals surface area contributed by atoms with Crippen molar-refractivity contribution in [1.82, 2.24) is 0 Å². The molecule has 39 heavy (non-hydrogen) atoms. The topological polar surface area (TPSA) is 85.2 Å². The molecule has 0 aromatic heterocycles. The smallest absolute Gasteiger partial charge is 0.344 e. The molecule has 200 valence electrons. The molecule has 0 atom stereocenters. The van der Waals surface area contributed by atoms with Gasteiger partial charge in [0.15, 0.2) is 5.75 Å². The molecule has 0 bridgehead atoms. The number of hydrogen-bond donors (Lipinski definition) is 1. The van der Waals surface area contributed by atoms with Gasteiger partial charge < -0.3 is 14.6 Å². The standard InChI is InChI=1S/C29H22Cl2FNO5S/c1-3-37-29(36)24-25(34)23(39-28(24)33-27(35)19-8-4-16(2)5-9-19)14-18-12-21(30)26(22(31)13-18)38-15-17-6-10-20(32)11-7-17/h4-14,34H,3,15H2,1-2H3/b23-14-,33-28?. The number of aliphatic hydroxyl groups is 1. The predicted molar refractivity (Wildman–Crippen MR) is 152 cm³/mol. The molecule has 0 radical (unpaired) electrons. The average Bonchev–Trinajstić information content (AvgIpc) is 3.19. The molecule has 0 fully saturated rings. The van der Waals surface area contributed by atoms with Gasteiger partial charge in [-0.3, -0.25) is 4.79 Å². The van der Waals surface area contributed by atoms with E-state index in [-0.39, 0.29) is 56.1 Å². The van der Waals surface area contributed by atoms with Crippen LogP contribution in [0.1, 0.15) is 34.0 Å². The molecular formula is C29H22Cl2FNO5S. The number of aliphatic hydroxyl groups excluding tert-OH is 1. The lowest BCUT2D eigenvalue weighted by Crippen LogP contribution is -2.14. The highest BCUT2D eigenvalue weighted by Crippen LogP contribution is 2.41. The normalized spacial score (nSPS) is 15.2. The number of thioether (sulfide) groups is 1. The lowest BCUT2D eigenvalue weighted by atomic mass is 10.1. The Hall–Kier alpha value is -3.59. The van der Waals surface area contributed by atoms with E-state index in [1.807, 2.05) is 6.92 Å². The van der Waals surface area contributed by atoms with Gasteiger partial charge in [-0.2, -0.15) is 0 Å². The number of halogens is 3. The fourth-order valence-electron chi connectivity index (χ4n) is 3.53. The first-order valence-electron chi connectivity index (χ1n) is 11.7. The summed E-state index contributed by atoms with van der Waals surface area (Å²) in [4.78, 5) is 29.8. The van der Waals surface area contributed by atoms with Gasteiger partial charge in [0.05, 0.1) is 21.6 Å². The number of benzene rings is 3. The maximum Gasteiger partial charge on any atom is 0.344 e. The Labute approximate surface area is 238 Å². The van der Waals surface area contributed by atoms with Crippen molar-refractivity contribution in [2.75, 3.05) is 6.61 Å². The van der Waals surface area contributed by atoms with Crippen LogP contribution in [0, 0.1) is 12.7 Å². The Morgan fingerprint density at radius 3 is 2.31 bits per heavy atom. The summed E-state index contributed by atoms with van der Waals surface area (Å²) in [5.41, 5.74) is 2.34. The molecule has 0 saturated heterocycles. The van der Waals surface area contributed by atoms with E-state index in [2.05, 4.69) is 4.99 Å². The minimum absolute atomic E-state index is 0.0132. The minimum Gasteiger partial charge on any atom is -0.506 e. The third-order valence-corrected chi connectivity index (χ3v) is 7.07. The van der Waals surface area contributed by atoms with Gasteiger partial charge in [0.25, 0.3) is 5.91 Å². The van der Waals surface area contributed by atoms with Crippen LogP contribution in [0.2, 0.25) is 10.0 Å². The van der Waals surface area contributed by atoms with Crippen molar-refractivity contribution in [2.24, 2.45) is 4.99 Å². The van der Waals surface area contributed by atoms with Gasteiger partial charge in [-0.1, -0.05) is 64.8 Å². The Balaban J connectivity index is 1.62. The molecule has 10 heteroatoms. The number of carbonyl (C=O) groups is 2. The van der Waals surface area contributed by atoms with E-state index in [1.165, 1.54) is 12.1 Å². The van der Waals surface area contributed by atoms with E-state index in [1.54, 1.807) is 61.5 Å². The molecule has 3 aromatic rings. The molecule has 4 rings (SSSR count). The van der Waals surface area contributed by atoms with Crippen molar-refractivity contribution in [3.05, 3.63) is 115 Å². The highest BCUT2D eigenvalue weighted by atomic mass is 35.5. The summed E-state index contributed by atoms with van der Waals surface area (Å²) >= 11 is 13.8. The minimum atomic E-state index is -0.804. The molecule has 1 N–H and O–H groups in total. The van der Waals surface area contributed by atoms with Gasteiger partial charge in [-0.25, -0.2) is 14.2 Å². The number of ether oxygens (including phenoxy) is 2. The zero-order valence-corrected chi connectivity index (χ0v) is 23.2. The van der Waals surface area contributed by atoms with Crippen molar-refractivity contribution in [3.63, 3.8) is 0 Å². The Morgan fingerprint density at radius 2 is 1.69 bits per heavy atom. The fourth-order valence-corrected chi connectivity index (χ4v) is 5.16. The SMILES string of the molecule is CCOC(=O)C1=C(O)/C(=C/c2cc(Cl)c(OCc3ccc(F)cc3)c(Cl)c2)SC1=NC(=O)c1ccc(C)cc1. The van der Waals surface area contributed by atoms with Crippen LogP contribution in [0.25, 0.3) is 6.08 Å². The predicted octanol–water partition coefficient (Wildman–Crippen LogP) is 7.72. The van der Waals surface area contributed by atoms with Crippen LogP contribution < -0.4 is 4.74 Å². The average molecular weight is 586 g/mol. The Kier molecular flexibility index (Phi) is 9.12. The highest BCUT2D eigenvalue weighted by molar-refractivity contribution is 8.18. The maximum atomic E-state index is 13.1. The number of carbonyl (C=O) groups excluding carboxylic acids is 2. The van der Waals surface area contributed by atoms with Crippen molar-refractivity contribution in [2.45, 2.75) is 20.5 Å². The molecule has 0 unspecified atom stereocenters. The van der Waals surface area contributed by atoms with Gasteiger partial charge in [-0.05, 0) is 67.4 Å². The van der Waals surface area contributed by atoms with E-state index in [0.29, 0.717) is 11.1 Å². The summed E-state index contributed by atoms with van der Waals surface area (Å²) in [6.07, 6.45) is 1.56. The Morgan fingerprint density at radius 1 is 1.05 bits per heavy atom. The monoisotopic (exact) mass is 585 g/mol. The van der Waals surface area contributed by atoms with Crippen LogP contribution in [0.5, 0.6) is 5.75 Å². The summed E-state index contributed by atoms with van der Waals surface area (Å²) < 4.78 is 24.0. The lowest BCUT2D eigenvalue weighted by Gasteiger charge is -2.11. The summed E-state index contributed by atoms with van der Waals surface area (Å²) in [6, 6.07) is 15.8. The molecule has 1 amide bonds. The number of rotatable bonds is 7. The van der Waals surface area contributed by atoms with E-state index in [4.69, 9.17) is 32.7 Å². The molecule has 6 nitrogen and oxygen atoms in total. The van der Waals surface area contributed by atoms with Gasteiger partial charge in [0, 0.05) is 5.56 Å². The van der Waals surface area contributed by atoms with Crippen molar-refractivity contribution in [1.29, 1.82) is 0 Å². The van der Waals surface area contributed by atoms with E-state index in [9.17, 15) is 19.1 Å². The molecule has 1 aliphatic heterocycles. The number of amides is 1. The second kappa shape index (κ2) is 12.5. The van der Waals surface area contributed by atoms with Gasteiger partial charge in [-0.15, -0.1) is 0 Å².